The van der Waals surface area contributed by atoms with Crippen molar-refractivity contribution in [3.63, 3.8) is 0 Å². The number of anilines is 1. The van der Waals surface area contributed by atoms with Gasteiger partial charge < -0.3 is 5.32 Å². The molecule has 1 heteroatoms. The summed E-state index contributed by atoms with van der Waals surface area (Å²) in [6.45, 7) is 5.10. The van der Waals surface area contributed by atoms with E-state index in [2.05, 4.69) is 42.6 Å². The van der Waals surface area contributed by atoms with Crippen molar-refractivity contribution < 1.29 is 0 Å². The van der Waals surface area contributed by atoms with Gasteiger partial charge in [-0.3, -0.25) is 0 Å². The maximum Gasteiger partial charge on any atom is 0.0413 e. The lowest BCUT2D eigenvalue weighted by Crippen LogP contribution is -1.97. The number of hydrogen-bond acceptors (Lipinski definition) is 1. The van der Waals surface area contributed by atoms with Crippen LogP contribution >= 0.6 is 0 Å². The molecule has 0 saturated heterocycles. The predicted molar refractivity (Wildman–Crippen MR) is 55.3 cm³/mol. The van der Waals surface area contributed by atoms with E-state index in [1.807, 2.05) is 13.0 Å². The molecule has 0 aromatic heterocycles. The molecule has 0 amide bonds. The van der Waals surface area contributed by atoms with Gasteiger partial charge in [0, 0.05) is 12.2 Å². The molecule has 0 atom stereocenters. The average Bonchev–Trinajstić information content (AvgIpc) is 2.09. The summed E-state index contributed by atoms with van der Waals surface area (Å²) in [6, 6.07) is 8.30. The lowest BCUT2D eigenvalue weighted by atomic mass is 10.1. The standard InChI is InChI=1S/C11H15N/c1-3-7-10-8-5-6-9-11(10)12-4-2/h3,5-9,12H,4H2,1-2H3/b7-3-. The van der Waals surface area contributed by atoms with E-state index in [1.165, 1.54) is 11.3 Å². The van der Waals surface area contributed by atoms with E-state index in [4.69, 9.17) is 0 Å². The second-order valence-electron chi connectivity index (χ2n) is 2.62. The van der Waals surface area contributed by atoms with Crippen LogP contribution < -0.4 is 5.32 Å². The molecule has 1 aromatic rings. The number of allylic oxidation sites excluding steroid dienone is 1. The maximum atomic E-state index is 3.31. The van der Waals surface area contributed by atoms with Gasteiger partial charge in [-0.2, -0.15) is 0 Å². The fourth-order valence-corrected chi connectivity index (χ4v) is 1.17. The first-order chi connectivity index (χ1) is 5.88. The minimum Gasteiger partial charge on any atom is -0.385 e. The van der Waals surface area contributed by atoms with Crippen LogP contribution in [-0.2, 0) is 0 Å². The van der Waals surface area contributed by atoms with Crippen molar-refractivity contribution in [1.29, 1.82) is 0 Å². The highest BCUT2D eigenvalue weighted by Crippen LogP contribution is 2.15. The van der Waals surface area contributed by atoms with E-state index in [0.717, 1.165) is 6.54 Å². The Morgan fingerprint density at radius 1 is 1.33 bits per heavy atom. The second-order valence-corrected chi connectivity index (χ2v) is 2.62. The Hall–Kier alpha value is -1.24. The van der Waals surface area contributed by atoms with Crippen LogP contribution in [0.5, 0.6) is 0 Å². The summed E-state index contributed by atoms with van der Waals surface area (Å²) in [7, 11) is 0. The largest absolute Gasteiger partial charge is 0.385 e. The first-order valence-corrected chi connectivity index (χ1v) is 4.34. The molecule has 1 nitrogen and oxygen atoms in total. The molecule has 0 bridgehead atoms. The summed E-state index contributed by atoms with van der Waals surface area (Å²) in [5.41, 5.74) is 2.46. The minimum absolute atomic E-state index is 0.967. The molecule has 1 N–H and O–H groups in total. The van der Waals surface area contributed by atoms with E-state index < -0.39 is 0 Å². The van der Waals surface area contributed by atoms with E-state index in [9.17, 15) is 0 Å². The summed E-state index contributed by atoms with van der Waals surface area (Å²) < 4.78 is 0. The van der Waals surface area contributed by atoms with Gasteiger partial charge in [0.05, 0.1) is 0 Å². The van der Waals surface area contributed by atoms with Crippen molar-refractivity contribution in [3.05, 3.63) is 35.9 Å². The Morgan fingerprint density at radius 3 is 2.75 bits per heavy atom. The highest BCUT2D eigenvalue weighted by molar-refractivity contribution is 5.66. The molecule has 0 saturated carbocycles. The molecule has 0 fully saturated rings. The lowest BCUT2D eigenvalue weighted by molar-refractivity contribution is 1.21. The van der Waals surface area contributed by atoms with Gasteiger partial charge in [0.1, 0.15) is 0 Å². The summed E-state index contributed by atoms with van der Waals surface area (Å²) in [4.78, 5) is 0. The van der Waals surface area contributed by atoms with Crippen LogP contribution in [0.2, 0.25) is 0 Å². The zero-order valence-electron chi connectivity index (χ0n) is 7.67. The number of benzene rings is 1. The molecule has 1 rings (SSSR count). The van der Waals surface area contributed by atoms with E-state index >= 15 is 0 Å². The fourth-order valence-electron chi connectivity index (χ4n) is 1.17. The molecule has 0 heterocycles. The molecule has 0 aliphatic heterocycles. The predicted octanol–water partition coefficient (Wildman–Crippen LogP) is 3.15. The number of nitrogens with one attached hydrogen (secondary N) is 1. The van der Waals surface area contributed by atoms with Crippen LogP contribution in [0.1, 0.15) is 19.4 Å². The van der Waals surface area contributed by atoms with Crippen molar-refractivity contribution in [1.82, 2.24) is 0 Å². The third-order valence-electron chi connectivity index (χ3n) is 1.67. The van der Waals surface area contributed by atoms with Crippen LogP contribution in [-0.4, -0.2) is 6.54 Å². The third-order valence-corrected chi connectivity index (χ3v) is 1.67. The smallest absolute Gasteiger partial charge is 0.0413 e. The molecule has 12 heavy (non-hydrogen) atoms. The first-order valence-electron chi connectivity index (χ1n) is 4.34. The maximum absolute atomic E-state index is 3.31. The van der Waals surface area contributed by atoms with Gasteiger partial charge in [0.2, 0.25) is 0 Å². The zero-order chi connectivity index (χ0) is 8.81. The molecule has 0 spiro atoms. The van der Waals surface area contributed by atoms with E-state index in [-0.39, 0.29) is 0 Å². The van der Waals surface area contributed by atoms with Crippen LogP contribution in [0.3, 0.4) is 0 Å². The summed E-state index contributed by atoms with van der Waals surface area (Å²) in [5.74, 6) is 0. The SMILES string of the molecule is C/C=C\c1ccccc1NCC. The van der Waals surface area contributed by atoms with Crippen LogP contribution in [0.4, 0.5) is 5.69 Å². The summed E-state index contributed by atoms with van der Waals surface area (Å²) in [6.07, 6.45) is 4.16. The number of hydrogen-bond donors (Lipinski definition) is 1. The Kier molecular flexibility index (Phi) is 3.39. The summed E-state index contributed by atoms with van der Waals surface area (Å²) >= 11 is 0. The van der Waals surface area contributed by atoms with Gasteiger partial charge in [0.25, 0.3) is 0 Å². The molecular formula is C11H15N. The Bertz CT molecular complexity index is 263. The van der Waals surface area contributed by atoms with Crippen LogP contribution in [0.15, 0.2) is 30.3 Å². The molecule has 0 aliphatic rings. The normalized spacial score (nSPS) is 10.5. The van der Waals surface area contributed by atoms with Crippen molar-refractivity contribution in [2.75, 3.05) is 11.9 Å². The quantitative estimate of drug-likeness (QED) is 0.718. The van der Waals surface area contributed by atoms with Gasteiger partial charge >= 0.3 is 0 Å². The zero-order valence-corrected chi connectivity index (χ0v) is 7.67. The molecule has 64 valence electrons. The Balaban J connectivity index is 2.91. The Morgan fingerprint density at radius 2 is 2.08 bits per heavy atom. The Labute approximate surface area is 74.1 Å². The topological polar surface area (TPSA) is 12.0 Å². The third kappa shape index (κ3) is 2.12. The number of para-hydroxylation sites is 1. The molecule has 0 aliphatic carbocycles. The monoisotopic (exact) mass is 161 g/mol. The highest BCUT2D eigenvalue weighted by Gasteiger charge is 1.93. The second kappa shape index (κ2) is 4.60. The van der Waals surface area contributed by atoms with Gasteiger partial charge in [-0.25, -0.2) is 0 Å². The van der Waals surface area contributed by atoms with Crippen molar-refractivity contribution in [3.8, 4) is 0 Å². The van der Waals surface area contributed by atoms with Gasteiger partial charge in [-0.15, -0.1) is 0 Å². The van der Waals surface area contributed by atoms with Crippen molar-refractivity contribution >= 4 is 11.8 Å². The average molecular weight is 161 g/mol. The highest BCUT2D eigenvalue weighted by atomic mass is 14.9. The van der Waals surface area contributed by atoms with Crippen LogP contribution in [0.25, 0.3) is 6.08 Å². The molecule has 1 aromatic carbocycles. The van der Waals surface area contributed by atoms with E-state index in [1.54, 1.807) is 0 Å². The lowest BCUT2D eigenvalue weighted by Gasteiger charge is -2.06. The molecule has 0 unspecified atom stereocenters. The fraction of sp³-hybridized carbons (Fsp3) is 0.273. The van der Waals surface area contributed by atoms with Crippen molar-refractivity contribution in [2.24, 2.45) is 0 Å². The van der Waals surface area contributed by atoms with E-state index in [0.29, 0.717) is 0 Å². The van der Waals surface area contributed by atoms with Gasteiger partial charge in [-0.1, -0.05) is 30.4 Å². The first kappa shape index (κ1) is 8.85. The van der Waals surface area contributed by atoms with Crippen molar-refractivity contribution in [2.45, 2.75) is 13.8 Å². The molecular weight excluding hydrogens is 146 g/mol. The minimum atomic E-state index is 0.967. The van der Waals surface area contributed by atoms with Gasteiger partial charge in [0.15, 0.2) is 0 Å². The molecule has 0 radical (unpaired) electrons. The number of rotatable bonds is 3. The summed E-state index contributed by atoms with van der Waals surface area (Å²) in [5, 5.41) is 3.31. The van der Waals surface area contributed by atoms with Crippen LogP contribution in [0, 0.1) is 0 Å². The van der Waals surface area contributed by atoms with Gasteiger partial charge in [-0.05, 0) is 25.5 Å².